The molecular formula is C30H44N2O3. The number of benzene rings is 2. The van der Waals surface area contributed by atoms with Crippen LogP contribution in [0.3, 0.4) is 0 Å². The number of rotatable bonds is 15. The molecule has 2 rings (SSSR count). The molecule has 0 spiro atoms. The van der Waals surface area contributed by atoms with E-state index < -0.39 is 6.04 Å². The maximum atomic E-state index is 13.2. The van der Waals surface area contributed by atoms with Crippen molar-refractivity contribution in [1.29, 1.82) is 0 Å². The van der Waals surface area contributed by atoms with Gasteiger partial charge in [-0.2, -0.15) is 0 Å². The minimum absolute atomic E-state index is 0.0970. The van der Waals surface area contributed by atoms with Gasteiger partial charge < -0.3 is 15.8 Å². The van der Waals surface area contributed by atoms with Crippen LogP contribution < -0.4 is 15.8 Å². The number of nitrogens with two attached hydrogens (primary N) is 1. The second-order valence-corrected chi connectivity index (χ2v) is 9.93. The van der Waals surface area contributed by atoms with E-state index >= 15 is 0 Å². The van der Waals surface area contributed by atoms with Crippen LogP contribution in [-0.2, 0) is 9.59 Å². The van der Waals surface area contributed by atoms with Crippen molar-refractivity contribution in [2.75, 3.05) is 13.2 Å². The molecule has 0 aromatic heterocycles. The van der Waals surface area contributed by atoms with Crippen molar-refractivity contribution < 1.29 is 14.3 Å². The molecule has 0 aliphatic carbocycles. The van der Waals surface area contributed by atoms with E-state index in [1.807, 2.05) is 75.4 Å². The molecule has 0 aliphatic heterocycles. The Hall–Kier alpha value is -2.66. The molecule has 0 saturated carbocycles. The summed E-state index contributed by atoms with van der Waals surface area (Å²) in [5.41, 5.74) is 8.13. The van der Waals surface area contributed by atoms with Gasteiger partial charge in [-0.25, -0.2) is 0 Å². The topological polar surface area (TPSA) is 81.4 Å². The Bertz CT molecular complexity index is 898. The highest BCUT2D eigenvalue weighted by Crippen LogP contribution is 2.27. The van der Waals surface area contributed by atoms with Crippen LogP contribution in [0.5, 0.6) is 5.75 Å². The zero-order chi connectivity index (χ0) is 25.8. The summed E-state index contributed by atoms with van der Waals surface area (Å²) in [5.74, 6) is 1.05. The van der Waals surface area contributed by atoms with Gasteiger partial charge in [0.1, 0.15) is 11.5 Å². The van der Waals surface area contributed by atoms with Gasteiger partial charge in [-0.15, -0.1) is 0 Å². The molecule has 5 heteroatoms. The van der Waals surface area contributed by atoms with Gasteiger partial charge in [0.05, 0.1) is 12.6 Å². The van der Waals surface area contributed by atoms with Gasteiger partial charge >= 0.3 is 0 Å². The third kappa shape index (κ3) is 9.14. The second kappa shape index (κ2) is 14.7. The molecule has 0 saturated heterocycles. The summed E-state index contributed by atoms with van der Waals surface area (Å²) < 4.78 is 5.95. The van der Waals surface area contributed by atoms with Crippen LogP contribution >= 0.6 is 0 Å². The van der Waals surface area contributed by atoms with Gasteiger partial charge in [-0.1, -0.05) is 89.9 Å². The predicted octanol–water partition coefficient (Wildman–Crippen LogP) is 5.84. The minimum Gasteiger partial charge on any atom is -0.493 e. The van der Waals surface area contributed by atoms with E-state index in [0.717, 1.165) is 36.1 Å². The Balaban J connectivity index is 2.13. The summed E-state index contributed by atoms with van der Waals surface area (Å²) in [4.78, 5) is 25.8. The molecule has 0 fully saturated rings. The number of carbonyl (C=O) groups excluding carboxylic acids is 2. The van der Waals surface area contributed by atoms with E-state index in [1.165, 1.54) is 0 Å². The second-order valence-electron chi connectivity index (χ2n) is 9.93. The molecule has 2 unspecified atom stereocenters. The van der Waals surface area contributed by atoms with Crippen LogP contribution in [0.25, 0.3) is 0 Å². The van der Waals surface area contributed by atoms with Gasteiger partial charge in [0.15, 0.2) is 0 Å². The first-order valence-electron chi connectivity index (χ1n) is 13.1. The SMILES string of the molecule is CCCC(C)COc1ccc([C@H](CNC(=O)[C@H](N)[C@H](C)CC)CC(=O)C(C)c2ccccc2)cc1. The Morgan fingerprint density at radius 2 is 1.60 bits per heavy atom. The summed E-state index contributed by atoms with van der Waals surface area (Å²) in [7, 11) is 0. The molecule has 5 nitrogen and oxygen atoms in total. The summed E-state index contributed by atoms with van der Waals surface area (Å²) in [6.45, 7) is 11.4. The summed E-state index contributed by atoms with van der Waals surface area (Å²) in [6.07, 6.45) is 3.46. The first-order chi connectivity index (χ1) is 16.8. The quantitative estimate of drug-likeness (QED) is 0.336. The van der Waals surface area contributed by atoms with E-state index in [0.29, 0.717) is 25.5 Å². The standard InChI is InChI=1S/C30H44N2O3/c1-6-11-21(3)20-35-27-16-14-25(15-17-27)26(19-32-30(34)29(31)22(4)7-2)18-28(33)23(5)24-12-9-8-10-13-24/h8-10,12-17,21-23,26,29H,6-7,11,18-20,31H2,1-5H3,(H,32,34)/t21?,22-,23?,26+,29-/m1/s1. The molecule has 0 bridgehead atoms. The van der Waals surface area contributed by atoms with Crippen LogP contribution in [0.1, 0.15) is 83.3 Å². The zero-order valence-corrected chi connectivity index (χ0v) is 22.1. The number of ketones is 1. The molecular weight excluding hydrogens is 436 g/mol. The summed E-state index contributed by atoms with van der Waals surface area (Å²) in [6, 6.07) is 17.2. The highest BCUT2D eigenvalue weighted by Gasteiger charge is 2.24. The van der Waals surface area contributed by atoms with Crippen LogP contribution in [0.15, 0.2) is 54.6 Å². The Morgan fingerprint density at radius 1 is 0.943 bits per heavy atom. The average Bonchev–Trinajstić information content (AvgIpc) is 2.89. The number of carbonyl (C=O) groups is 2. The van der Waals surface area contributed by atoms with Gasteiger partial charge in [-0.3, -0.25) is 9.59 Å². The fourth-order valence-electron chi connectivity index (χ4n) is 4.16. The van der Waals surface area contributed by atoms with Crippen molar-refractivity contribution in [2.24, 2.45) is 17.6 Å². The fraction of sp³-hybridized carbons (Fsp3) is 0.533. The van der Waals surface area contributed by atoms with Crippen LogP contribution in [0.2, 0.25) is 0 Å². The van der Waals surface area contributed by atoms with Gasteiger partial charge in [-0.05, 0) is 41.5 Å². The van der Waals surface area contributed by atoms with E-state index in [2.05, 4.69) is 19.2 Å². The number of amides is 1. The van der Waals surface area contributed by atoms with Gasteiger partial charge in [0, 0.05) is 24.8 Å². The first kappa shape index (κ1) is 28.6. The predicted molar refractivity (Wildman–Crippen MR) is 144 cm³/mol. The maximum Gasteiger partial charge on any atom is 0.237 e. The molecule has 1 amide bonds. The van der Waals surface area contributed by atoms with Crippen molar-refractivity contribution in [3.8, 4) is 5.75 Å². The first-order valence-corrected chi connectivity index (χ1v) is 13.1. The molecule has 3 N–H and O–H groups in total. The molecule has 5 atom stereocenters. The molecule has 35 heavy (non-hydrogen) atoms. The Morgan fingerprint density at radius 3 is 2.20 bits per heavy atom. The fourth-order valence-corrected chi connectivity index (χ4v) is 4.16. The highest BCUT2D eigenvalue weighted by molar-refractivity contribution is 5.86. The largest absolute Gasteiger partial charge is 0.493 e. The van der Waals surface area contributed by atoms with Crippen LogP contribution in [0.4, 0.5) is 0 Å². The van der Waals surface area contributed by atoms with Crippen molar-refractivity contribution in [1.82, 2.24) is 5.32 Å². The van der Waals surface area contributed by atoms with Crippen molar-refractivity contribution in [3.05, 3.63) is 65.7 Å². The lowest BCUT2D eigenvalue weighted by Crippen LogP contribution is -2.45. The monoisotopic (exact) mass is 480 g/mol. The number of nitrogens with one attached hydrogen (secondary N) is 1. The highest BCUT2D eigenvalue weighted by atomic mass is 16.5. The number of ether oxygens (including phenoxy) is 1. The van der Waals surface area contributed by atoms with Crippen LogP contribution in [-0.4, -0.2) is 30.9 Å². The third-order valence-electron chi connectivity index (χ3n) is 6.98. The zero-order valence-electron chi connectivity index (χ0n) is 22.1. The Kier molecular flexibility index (Phi) is 12.0. The van der Waals surface area contributed by atoms with E-state index in [-0.39, 0.29) is 29.4 Å². The summed E-state index contributed by atoms with van der Waals surface area (Å²) >= 11 is 0. The summed E-state index contributed by atoms with van der Waals surface area (Å²) in [5, 5.41) is 3.00. The Labute approximate surface area is 211 Å². The maximum absolute atomic E-state index is 13.2. The lowest BCUT2D eigenvalue weighted by Gasteiger charge is -2.23. The molecule has 2 aromatic rings. The van der Waals surface area contributed by atoms with E-state index in [9.17, 15) is 9.59 Å². The molecule has 0 aliphatic rings. The van der Waals surface area contributed by atoms with Crippen molar-refractivity contribution >= 4 is 11.7 Å². The molecule has 0 heterocycles. The van der Waals surface area contributed by atoms with Gasteiger partial charge in [0.2, 0.25) is 5.91 Å². The lowest BCUT2D eigenvalue weighted by molar-refractivity contribution is -0.124. The molecule has 0 radical (unpaired) electrons. The average molecular weight is 481 g/mol. The number of Topliss-reactive ketones (excluding diaryl/α,β-unsaturated/α-hetero) is 1. The van der Waals surface area contributed by atoms with E-state index in [1.54, 1.807) is 0 Å². The van der Waals surface area contributed by atoms with Crippen molar-refractivity contribution in [2.45, 2.75) is 78.2 Å². The smallest absolute Gasteiger partial charge is 0.237 e. The van der Waals surface area contributed by atoms with Crippen LogP contribution in [0, 0.1) is 11.8 Å². The normalized spacial score (nSPS) is 15.5. The third-order valence-corrected chi connectivity index (χ3v) is 6.98. The minimum atomic E-state index is -0.555. The molecule has 192 valence electrons. The van der Waals surface area contributed by atoms with E-state index in [4.69, 9.17) is 10.5 Å². The number of hydrogen-bond acceptors (Lipinski definition) is 4. The molecule has 2 aromatic carbocycles. The number of hydrogen-bond donors (Lipinski definition) is 2. The lowest BCUT2D eigenvalue weighted by atomic mass is 9.87. The van der Waals surface area contributed by atoms with Crippen molar-refractivity contribution in [3.63, 3.8) is 0 Å². The van der Waals surface area contributed by atoms with Gasteiger partial charge in [0.25, 0.3) is 0 Å².